The van der Waals surface area contributed by atoms with Gasteiger partial charge >= 0.3 is 0 Å². The summed E-state index contributed by atoms with van der Waals surface area (Å²) < 4.78 is 6.44. The standard InChI is InChI=1S/C16H7Br2NO3/c17-10-5-13-14(15(18)16(10)21)11(20)6-12(22-13)9-4-2-1-3-8(9)7-19/h1-6,21H. The maximum absolute atomic E-state index is 12.4. The van der Waals surface area contributed by atoms with E-state index in [0.29, 0.717) is 26.9 Å². The molecule has 3 aromatic rings. The number of phenolic OH excluding ortho intramolecular Hbond substituents is 1. The van der Waals surface area contributed by atoms with Gasteiger partial charge in [0.1, 0.15) is 17.1 Å². The molecule has 6 heteroatoms. The van der Waals surface area contributed by atoms with Crippen molar-refractivity contribution in [3.63, 3.8) is 0 Å². The molecule has 3 rings (SSSR count). The highest BCUT2D eigenvalue weighted by atomic mass is 79.9. The molecule has 22 heavy (non-hydrogen) atoms. The van der Waals surface area contributed by atoms with Gasteiger partial charge in [-0.3, -0.25) is 4.79 Å². The second kappa shape index (κ2) is 5.59. The number of halogens is 2. The molecule has 0 saturated carbocycles. The Hall–Kier alpha value is -2.10. The Kier molecular flexibility index (Phi) is 3.77. The van der Waals surface area contributed by atoms with Crippen LogP contribution >= 0.6 is 31.9 Å². The molecule has 0 fully saturated rings. The average Bonchev–Trinajstić information content (AvgIpc) is 2.52. The second-order valence-corrected chi connectivity index (χ2v) is 6.17. The van der Waals surface area contributed by atoms with Crippen molar-refractivity contribution in [2.24, 2.45) is 0 Å². The second-order valence-electron chi connectivity index (χ2n) is 4.53. The van der Waals surface area contributed by atoms with Crippen LogP contribution in [0.15, 0.2) is 54.6 Å². The van der Waals surface area contributed by atoms with Crippen LogP contribution in [0.4, 0.5) is 0 Å². The van der Waals surface area contributed by atoms with Crippen LogP contribution in [-0.4, -0.2) is 5.11 Å². The molecule has 0 aliphatic rings. The highest BCUT2D eigenvalue weighted by Gasteiger charge is 2.16. The van der Waals surface area contributed by atoms with E-state index in [1.165, 1.54) is 12.1 Å². The molecule has 0 aliphatic carbocycles. The lowest BCUT2D eigenvalue weighted by Gasteiger charge is -2.08. The van der Waals surface area contributed by atoms with Crippen LogP contribution in [-0.2, 0) is 0 Å². The summed E-state index contributed by atoms with van der Waals surface area (Å²) in [5.74, 6) is 0.240. The number of fused-ring (bicyclic) bond motifs is 1. The van der Waals surface area contributed by atoms with Gasteiger partial charge in [-0.1, -0.05) is 12.1 Å². The predicted molar refractivity (Wildman–Crippen MR) is 89.7 cm³/mol. The first-order valence-corrected chi connectivity index (χ1v) is 7.76. The van der Waals surface area contributed by atoms with E-state index in [-0.39, 0.29) is 21.0 Å². The number of phenols is 1. The summed E-state index contributed by atoms with van der Waals surface area (Å²) in [6, 6.07) is 11.8. The molecule has 0 amide bonds. The zero-order valence-corrected chi connectivity index (χ0v) is 14.1. The Balaban J connectivity index is 2.38. The van der Waals surface area contributed by atoms with Crippen LogP contribution in [0.3, 0.4) is 0 Å². The van der Waals surface area contributed by atoms with Gasteiger partial charge in [-0.15, -0.1) is 0 Å². The number of hydrogen-bond acceptors (Lipinski definition) is 4. The Morgan fingerprint density at radius 2 is 1.91 bits per heavy atom. The lowest BCUT2D eigenvalue weighted by molar-refractivity contribution is 0.469. The van der Waals surface area contributed by atoms with Gasteiger partial charge in [0.25, 0.3) is 0 Å². The summed E-state index contributed by atoms with van der Waals surface area (Å²) in [6.45, 7) is 0. The quantitative estimate of drug-likeness (QED) is 0.626. The van der Waals surface area contributed by atoms with Crippen molar-refractivity contribution in [2.75, 3.05) is 0 Å². The van der Waals surface area contributed by atoms with E-state index in [1.54, 1.807) is 24.3 Å². The first kappa shape index (κ1) is 14.8. The molecule has 1 aromatic heterocycles. The van der Waals surface area contributed by atoms with E-state index in [9.17, 15) is 9.90 Å². The summed E-state index contributed by atoms with van der Waals surface area (Å²) in [7, 11) is 0. The summed E-state index contributed by atoms with van der Waals surface area (Å²) in [5, 5.41) is 19.3. The molecule has 0 bridgehead atoms. The molecule has 0 aliphatic heterocycles. The molecule has 108 valence electrons. The molecule has 1 N–H and O–H groups in total. The predicted octanol–water partition coefficient (Wildman–Crippen LogP) is 4.56. The molecular weight excluding hydrogens is 414 g/mol. The van der Waals surface area contributed by atoms with Crippen LogP contribution in [0.2, 0.25) is 0 Å². The molecule has 0 saturated heterocycles. The number of nitrogens with zero attached hydrogens (tertiary/aromatic N) is 1. The highest BCUT2D eigenvalue weighted by molar-refractivity contribution is 9.11. The minimum atomic E-state index is -0.307. The van der Waals surface area contributed by atoms with Crippen LogP contribution in [0.1, 0.15) is 5.56 Å². The van der Waals surface area contributed by atoms with Crippen LogP contribution in [0.25, 0.3) is 22.3 Å². The molecule has 0 unspecified atom stereocenters. The van der Waals surface area contributed by atoms with Crippen molar-refractivity contribution in [2.45, 2.75) is 0 Å². The van der Waals surface area contributed by atoms with Crippen molar-refractivity contribution >= 4 is 42.8 Å². The maximum Gasteiger partial charge on any atom is 0.194 e. The van der Waals surface area contributed by atoms with Gasteiger partial charge < -0.3 is 9.52 Å². The van der Waals surface area contributed by atoms with Gasteiger partial charge in [0, 0.05) is 11.6 Å². The van der Waals surface area contributed by atoms with E-state index in [2.05, 4.69) is 37.9 Å². The largest absolute Gasteiger partial charge is 0.506 e. The fraction of sp³-hybridized carbons (Fsp3) is 0. The molecule has 0 atom stereocenters. The Labute approximate surface area is 141 Å². The fourth-order valence-corrected chi connectivity index (χ4v) is 3.44. The Morgan fingerprint density at radius 1 is 1.18 bits per heavy atom. The van der Waals surface area contributed by atoms with Crippen LogP contribution < -0.4 is 5.43 Å². The third-order valence-electron chi connectivity index (χ3n) is 3.20. The number of benzene rings is 2. The van der Waals surface area contributed by atoms with Gasteiger partial charge in [0.15, 0.2) is 5.43 Å². The van der Waals surface area contributed by atoms with Gasteiger partial charge in [-0.05, 0) is 50.1 Å². The first-order valence-electron chi connectivity index (χ1n) is 6.17. The summed E-state index contributed by atoms with van der Waals surface area (Å²) in [5.41, 5.74) is 0.969. The minimum absolute atomic E-state index is 0.0648. The SMILES string of the molecule is N#Cc1ccccc1-c1cc(=O)c2c(Br)c(O)c(Br)cc2o1. The van der Waals surface area contributed by atoms with Gasteiger partial charge in [-0.2, -0.15) is 5.26 Å². The first-order chi connectivity index (χ1) is 10.5. The number of hydrogen-bond donors (Lipinski definition) is 1. The zero-order chi connectivity index (χ0) is 15.9. The minimum Gasteiger partial charge on any atom is -0.506 e. The zero-order valence-electron chi connectivity index (χ0n) is 10.9. The molecule has 1 heterocycles. The lowest BCUT2D eigenvalue weighted by Crippen LogP contribution is -2.02. The third-order valence-corrected chi connectivity index (χ3v) is 4.58. The number of nitriles is 1. The molecular formula is C16H7Br2NO3. The van der Waals surface area contributed by atoms with Gasteiger partial charge in [0.05, 0.1) is 26.0 Å². The molecule has 0 spiro atoms. The van der Waals surface area contributed by atoms with Crippen LogP contribution in [0.5, 0.6) is 5.75 Å². The molecule has 2 aromatic carbocycles. The summed E-state index contributed by atoms with van der Waals surface area (Å²) in [6.07, 6.45) is 0. The van der Waals surface area contributed by atoms with Gasteiger partial charge in [0.2, 0.25) is 0 Å². The molecule has 4 nitrogen and oxygen atoms in total. The van der Waals surface area contributed by atoms with Crippen molar-refractivity contribution in [1.29, 1.82) is 5.26 Å². The summed E-state index contributed by atoms with van der Waals surface area (Å²) >= 11 is 6.41. The Bertz CT molecular complexity index is 1000. The van der Waals surface area contributed by atoms with E-state index in [4.69, 9.17) is 9.68 Å². The normalized spacial score (nSPS) is 10.6. The number of aromatic hydroxyl groups is 1. The Morgan fingerprint density at radius 3 is 2.64 bits per heavy atom. The number of rotatable bonds is 1. The van der Waals surface area contributed by atoms with E-state index >= 15 is 0 Å². The monoisotopic (exact) mass is 419 g/mol. The maximum atomic E-state index is 12.4. The van der Waals surface area contributed by atoms with E-state index < -0.39 is 0 Å². The fourth-order valence-electron chi connectivity index (χ4n) is 2.16. The van der Waals surface area contributed by atoms with E-state index in [0.717, 1.165) is 0 Å². The highest BCUT2D eigenvalue weighted by Crippen LogP contribution is 2.38. The average molecular weight is 421 g/mol. The lowest BCUT2D eigenvalue weighted by atomic mass is 10.1. The van der Waals surface area contributed by atoms with E-state index in [1.807, 2.05) is 0 Å². The van der Waals surface area contributed by atoms with Crippen molar-refractivity contribution < 1.29 is 9.52 Å². The topological polar surface area (TPSA) is 74.2 Å². The third kappa shape index (κ3) is 2.32. The molecule has 0 radical (unpaired) electrons. The van der Waals surface area contributed by atoms with Gasteiger partial charge in [-0.25, -0.2) is 0 Å². The summed E-state index contributed by atoms with van der Waals surface area (Å²) in [4.78, 5) is 12.4. The smallest absolute Gasteiger partial charge is 0.194 e. The van der Waals surface area contributed by atoms with Crippen molar-refractivity contribution in [3.8, 4) is 23.1 Å². The van der Waals surface area contributed by atoms with Crippen LogP contribution in [0, 0.1) is 11.3 Å². The van der Waals surface area contributed by atoms with Crippen molar-refractivity contribution in [1.82, 2.24) is 0 Å². The van der Waals surface area contributed by atoms with Crippen molar-refractivity contribution in [3.05, 3.63) is 61.1 Å².